The maximum atomic E-state index is 13.9. The van der Waals surface area contributed by atoms with E-state index in [1.165, 1.54) is 36.0 Å². The van der Waals surface area contributed by atoms with Gasteiger partial charge < -0.3 is 9.88 Å². The van der Waals surface area contributed by atoms with E-state index in [4.69, 9.17) is 0 Å². The van der Waals surface area contributed by atoms with Crippen LogP contribution in [0.4, 0.5) is 14.5 Å². The van der Waals surface area contributed by atoms with Crippen LogP contribution < -0.4 is 5.32 Å². The van der Waals surface area contributed by atoms with Crippen LogP contribution in [0, 0.1) is 11.6 Å². The van der Waals surface area contributed by atoms with Crippen LogP contribution >= 0.6 is 11.8 Å². The molecule has 3 rings (SSSR count). The first-order valence-electron chi connectivity index (χ1n) is 7.83. The highest BCUT2D eigenvalue weighted by Gasteiger charge is 2.20. The first-order chi connectivity index (χ1) is 12.5. The third-order valence-electron chi connectivity index (χ3n) is 3.69. The molecule has 0 saturated carbocycles. The van der Waals surface area contributed by atoms with Crippen LogP contribution in [0.25, 0.3) is 11.4 Å². The van der Waals surface area contributed by atoms with Crippen molar-refractivity contribution in [3.63, 3.8) is 0 Å². The lowest BCUT2D eigenvalue weighted by Crippen LogP contribution is -2.22. The van der Waals surface area contributed by atoms with E-state index >= 15 is 0 Å². The summed E-state index contributed by atoms with van der Waals surface area (Å²) in [5.74, 6) is -0.734. The van der Waals surface area contributed by atoms with E-state index < -0.39 is 16.9 Å². The number of aromatic nitrogens is 3. The van der Waals surface area contributed by atoms with E-state index in [2.05, 4.69) is 15.5 Å². The topological polar surface area (TPSA) is 59.8 Å². The number of benzene rings is 2. The Morgan fingerprint density at radius 1 is 1.15 bits per heavy atom. The first-order valence-corrected chi connectivity index (χ1v) is 8.71. The molecule has 0 aliphatic carbocycles. The highest BCUT2D eigenvalue weighted by atomic mass is 32.2. The number of halogens is 2. The summed E-state index contributed by atoms with van der Waals surface area (Å²) in [6, 6.07) is 12.0. The Hall–Kier alpha value is -2.74. The van der Waals surface area contributed by atoms with Gasteiger partial charge in [0.05, 0.1) is 10.8 Å². The summed E-state index contributed by atoms with van der Waals surface area (Å²) < 4.78 is 28.8. The van der Waals surface area contributed by atoms with Gasteiger partial charge in [0.15, 0.2) is 11.0 Å². The standard InChI is InChI=1S/C18H16F2N4OS/c1-11(17(25)21-13-7-5-6-12(19)10-13)26-18-23-22-16(24(18)2)14-8-3-4-9-15(14)20/h3-11H,1-2H3,(H,21,25)/t11-/m0/s1. The number of nitrogens with one attached hydrogen (secondary N) is 1. The number of amides is 1. The molecule has 1 atom stereocenters. The van der Waals surface area contributed by atoms with Crippen molar-refractivity contribution in [2.24, 2.45) is 7.05 Å². The predicted molar refractivity (Wildman–Crippen MR) is 96.7 cm³/mol. The Kier molecular flexibility index (Phi) is 5.32. The second-order valence-electron chi connectivity index (χ2n) is 5.60. The number of nitrogens with zero attached hydrogens (tertiary/aromatic N) is 3. The summed E-state index contributed by atoms with van der Waals surface area (Å²) in [6.45, 7) is 1.71. The molecule has 1 heterocycles. The highest BCUT2D eigenvalue weighted by molar-refractivity contribution is 8.00. The van der Waals surface area contributed by atoms with Gasteiger partial charge in [-0.2, -0.15) is 0 Å². The van der Waals surface area contributed by atoms with Crippen LogP contribution in [-0.4, -0.2) is 25.9 Å². The summed E-state index contributed by atoms with van der Waals surface area (Å²) >= 11 is 1.18. The minimum Gasteiger partial charge on any atom is -0.325 e. The summed E-state index contributed by atoms with van der Waals surface area (Å²) in [5.41, 5.74) is 0.721. The van der Waals surface area contributed by atoms with Crippen molar-refractivity contribution < 1.29 is 13.6 Å². The van der Waals surface area contributed by atoms with Crippen LogP contribution in [0.3, 0.4) is 0 Å². The molecule has 2 aromatic carbocycles. The molecule has 1 aromatic heterocycles. The highest BCUT2D eigenvalue weighted by Crippen LogP contribution is 2.27. The van der Waals surface area contributed by atoms with Crippen molar-refractivity contribution >= 4 is 23.4 Å². The predicted octanol–water partition coefficient (Wildman–Crippen LogP) is 3.88. The van der Waals surface area contributed by atoms with E-state index in [1.807, 2.05) is 0 Å². The lowest BCUT2D eigenvalue weighted by atomic mass is 10.2. The number of thioether (sulfide) groups is 1. The molecule has 26 heavy (non-hydrogen) atoms. The summed E-state index contributed by atoms with van der Waals surface area (Å²) in [4.78, 5) is 12.3. The fourth-order valence-corrected chi connectivity index (χ4v) is 3.13. The van der Waals surface area contributed by atoms with Crippen molar-refractivity contribution in [1.82, 2.24) is 14.8 Å². The van der Waals surface area contributed by atoms with Crippen LogP contribution in [0.2, 0.25) is 0 Å². The van der Waals surface area contributed by atoms with Crippen LogP contribution in [0.5, 0.6) is 0 Å². The van der Waals surface area contributed by atoms with Gasteiger partial charge in [0.1, 0.15) is 11.6 Å². The SMILES string of the molecule is C[C@H](Sc1nnc(-c2ccccc2F)n1C)C(=O)Nc1cccc(F)c1. The summed E-state index contributed by atoms with van der Waals surface area (Å²) in [7, 11) is 1.71. The molecule has 134 valence electrons. The van der Waals surface area contributed by atoms with Crippen molar-refractivity contribution in [3.8, 4) is 11.4 Å². The molecule has 0 fully saturated rings. The van der Waals surface area contributed by atoms with Crippen molar-refractivity contribution in [1.29, 1.82) is 0 Å². The molecular formula is C18H16F2N4OS. The second kappa shape index (κ2) is 7.65. The number of anilines is 1. The molecule has 1 amide bonds. The van der Waals surface area contributed by atoms with Gasteiger partial charge >= 0.3 is 0 Å². The quantitative estimate of drug-likeness (QED) is 0.689. The molecule has 3 aromatic rings. The third-order valence-corrected chi connectivity index (χ3v) is 4.83. The maximum Gasteiger partial charge on any atom is 0.237 e. The van der Waals surface area contributed by atoms with E-state index in [1.54, 1.807) is 42.8 Å². The zero-order valence-electron chi connectivity index (χ0n) is 14.1. The molecule has 5 nitrogen and oxygen atoms in total. The fraction of sp³-hybridized carbons (Fsp3) is 0.167. The molecular weight excluding hydrogens is 358 g/mol. The minimum absolute atomic E-state index is 0.295. The molecule has 0 bridgehead atoms. The third kappa shape index (κ3) is 3.91. The van der Waals surface area contributed by atoms with E-state index in [0.29, 0.717) is 22.2 Å². The lowest BCUT2D eigenvalue weighted by molar-refractivity contribution is -0.115. The Balaban J connectivity index is 1.73. The molecule has 0 spiro atoms. The number of carbonyl (C=O) groups excluding carboxylic acids is 1. The number of rotatable bonds is 5. The van der Waals surface area contributed by atoms with Gasteiger partial charge in [-0.15, -0.1) is 10.2 Å². The van der Waals surface area contributed by atoms with Crippen LogP contribution in [0.1, 0.15) is 6.92 Å². The lowest BCUT2D eigenvalue weighted by Gasteiger charge is -2.12. The van der Waals surface area contributed by atoms with Gasteiger partial charge in [0.2, 0.25) is 5.91 Å². The summed E-state index contributed by atoms with van der Waals surface area (Å²) in [6.07, 6.45) is 0. The van der Waals surface area contributed by atoms with Gasteiger partial charge in [-0.3, -0.25) is 4.79 Å². The maximum absolute atomic E-state index is 13.9. The van der Waals surface area contributed by atoms with Gasteiger partial charge in [-0.25, -0.2) is 8.78 Å². The Morgan fingerprint density at radius 2 is 1.92 bits per heavy atom. The first kappa shape index (κ1) is 18.1. The zero-order valence-corrected chi connectivity index (χ0v) is 14.9. The largest absolute Gasteiger partial charge is 0.325 e. The van der Waals surface area contributed by atoms with Crippen molar-refractivity contribution in [3.05, 3.63) is 60.2 Å². The van der Waals surface area contributed by atoms with Crippen molar-refractivity contribution in [2.75, 3.05) is 5.32 Å². The zero-order chi connectivity index (χ0) is 18.7. The fourth-order valence-electron chi connectivity index (χ4n) is 2.32. The van der Waals surface area contributed by atoms with E-state index in [0.717, 1.165) is 0 Å². The van der Waals surface area contributed by atoms with Crippen LogP contribution in [0.15, 0.2) is 53.7 Å². The Bertz CT molecular complexity index is 944. The van der Waals surface area contributed by atoms with Gasteiger partial charge in [0, 0.05) is 12.7 Å². The minimum atomic E-state index is -0.505. The second-order valence-corrected chi connectivity index (χ2v) is 6.91. The van der Waals surface area contributed by atoms with Gasteiger partial charge in [0.25, 0.3) is 0 Å². The monoisotopic (exact) mass is 374 g/mol. The average Bonchev–Trinajstić information content (AvgIpc) is 2.96. The number of hydrogen-bond donors (Lipinski definition) is 1. The molecule has 0 aliphatic heterocycles. The Labute approximate surface area is 153 Å². The molecule has 0 unspecified atom stereocenters. The summed E-state index contributed by atoms with van der Waals surface area (Å²) in [5, 5.41) is 10.7. The molecule has 8 heteroatoms. The van der Waals surface area contributed by atoms with Gasteiger partial charge in [-0.1, -0.05) is 30.0 Å². The van der Waals surface area contributed by atoms with Gasteiger partial charge in [-0.05, 0) is 37.3 Å². The van der Waals surface area contributed by atoms with Crippen molar-refractivity contribution in [2.45, 2.75) is 17.3 Å². The average molecular weight is 374 g/mol. The molecule has 0 radical (unpaired) electrons. The molecule has 1 N–H and O–H groups in total. The Morgan fingerprint density at radius 3 is 2.65 bits per heavy atom. The molecule has 0 aliphatic rings. The van der Waals surface area contributed by atoms with E-state index in [9.17, 15) is 13.6 Å². The smallest absolute Gasteiger partial charge is 0.237 e. The number of hydrogen-bond acceptors (Lipinski definition) is 4. The van der Waals surface area contributed by atoms with E-state index in [-0.39, 0.29) is 5.91 Å². The van der Waals surface area contributed by atoms with Crippen LogP contribution in [-0.2, 0) is 11.8 Å². The normalized spacial score (nSPS) is 12.0. The molecule has 0 saturated heterocycles. The number of carbonyl (C=O) groups is 1.